The van der Waals surface area contributed by atoms with Gasteiger partial charge in [-0.3, -0.25) is 0 Å². The van der Waals surface area contributed by atoms with E-state index in [-0.39, 0.29) is 6.10 Å². The molecule has 1 nitrogen and oxygen atoms in total. The van der Waals surface area contributed by atoms with Gasteiger partial charge in [-0.1, -0.05) is 26.0 Å². The van der Waals surface area contributed by atoms with Gasteiger partial charge in [-0.2, -0.15) is 0 Å². The van der Waals surface area contributed by atoms with Gasteiger partial charge in [-0.05, 0) is 98.7 Å². The third-order valence-corrected chi connectivity index (χ3v) is 8.78. The third kappa shape index (κ3) is 1.93. The second-order valence-electron chi connectivity index (χ2n) is 9.47. The molecule has 0 heterocycles. The zero-order valence-corrected chi connectivity index (χ0v) is 14.7. The number of allylic oxidation sites excluding steroid dienone is 2. The summed E-state index contributed by atoms with van der Waals surface area (Å²) >= 11 is 0. The lowest BCUT2D eigenvalue weighted by Gasteiger charge is -2.59. The largest absolute Gasteiger partial charge is 0.393 e. The molecule has 4 rings (SSSR count). The molecule has 22 heavy (non-hydrogen) atoms. The average molecular weight is 303 g/mol. The molecule has 0 aromatic carbocycles. The summed E-state index contributed by atoms with van der Waals surface area (Å²) in [7, 11) is 0. The molecule has 1 heteroatoms. The Morgan fingerprint density at radius 2 is 1.82 bits per heavy atom. The van der Waals surface area contributed by atoms with Crippen LogP contribution in [0.1, 0.15) is 72.1 Å². The molecule has 3 fully saturated rings. The van der Waals surface area contributed by atoms with Crippen molar-refractivity contribution in [2.75, 3.05) is 0 Å². The average Bonchev–Trinajstić information content (AvgIpc) is 2.84. The fourth-order valence-corrected chi connectivity index (χ4v) is 7.65. The molecule has 1 N–H and O–H groups in total. The van der Waals surface area contributed by atoms with Gasteiger partial charge in [0.15, 0.2) is 0 Å². The van der Waals surface area contributed by atoms with Gasteiger partial charge in [0.25, 0.3) is 0 Å². The number of rotatable bonds is 1. The molecule has 3 saturated carbocycles. The van der Waals surface area contributed by atoms with Crippen molar-refractivity contribution in [3.8, 4) is 0 Å². The fourth-order valence-electron chi connectivity index (χ4n) is 7.65. The molecule has 0 aromatic rings. The van der Waals surface area contributed by atoms with E-state index in [1.165, 1.54) is 51.4 Å². The predicted octanol–water partition coefficient (Wildman–Crippen LogP) is 5.19. The van der Waals surface area contributed by atoms with Crippen LogP contribution in [0.5, 0.6) is 0 Å². The van der Waals surface area contributed by atoms with Gasteiger partial charge in [-0.15, -0.1) is 0 Å². The molecule has 124 valence electrons. The van der Waals surface area contributed by atoms with E-state index in [1.54, 1.807) is 0 Å². The Balaban J connectivity index is 1.65. The van der Waals surface area contributed by atoms with Crippen molar-refractivity contribution in [2.24, 2.45) is 40.4 Å². The van der Waals surface area contributed by atoms with Gasteiger partial charge in [0, 0.05) is 0 Å². The summed E-state index contributed by atoms with van der Waals surface area (Å²) in [5, 5.41) is 10.3. The zero-order chi connectivity index (χ0) is 15.5. The molecule has 0 radical (unpaired) electrons. The van der Waals surface area contributed by atoms with E-state index in [0.29, 0.717) is 16.7 Å². The van der Waals surface area contributed by atoms with Crippen LogP contribution in [-0.2, 0) is 0 Å². The molecule has 0 amide bonds. The quantitative estimate of drug-likeness (QED) is 0.661. The number of hydrogen-bond acceptors (Lipinski definition) is 1. The highest BCUT2D eigenvalue weighted by Gasteiger charge is 2.59. The Kier molecular flexibility index (Phi) is 3.53. The van der Waals surface area contributed by atoms with Crippen molar-refractivity contribution in [2.45, 2.75) is 78.2 Å². The molecule has 0 saturated heterocycles. The number of aliphatic hydroxyl groups is 1. The maximum absolute atomic E-state index is 10.3. The Labute approximate surface area is 136 Å². The predicted molar refractivity (Wildman–Crippen MR) is 91.4 cm³/mol. The van der Waals surface area contributed by atoms with Crippen molar-refractivity contribution in [1.82, 2.24) is 0 Å². The first-order valence-electron chi connectivity index (χ1n) is 9.82. The van der Waals surface area contributed by atoms with E-state index < -0.39 is 0 Å². The third-order valence-electron chi connectivity index (χ3n) is 8.78. The summed E-state index contributed by atoms with van der Waals surface area (Å²) in [5.41, 5.74) is 0.891. The maximum atomic E-state index is 10.3. The molecule has 4 aliphatic rings. The summed E-state index contributed by atoms with van der Waals surface area (Å²) in [4.78, 5) is 0. The summed E-state index contributed by atoms with van der Waals surface area (Å²) in [6, 6.07) is 0. The lowest BCUT2D eigenvalue weighted by Crippen LogP contribution is -2.52. The van der Waals surface area contributed by atoms with Crippen LogP contribution in [-0.4, -0.2) is 11.2 Å². The monoisotopic (exact) mass is 302 g/mol. The highest BCUT2D eigenvalue weighted by atomic mass is 16.3. The van der Waals surface area contributed by atoms with Crippen molar-refractivity contribution < 1.29 is 5.11 Å². The van der Waals surface area contributed by atoms with Crippen LogP contribution >= 0.6 is 0 Å². The Morgan fingerprint density at radius 1 is 1.00 bits per heavy atom. The van der Waals surface area contributed by atoms with Crippen molar-refractivity contribution in [3.05, 3.63) is 12.2 Å². The lowest BCUT2D eigenvalue weighted by atomic mass is 9.46. The van der Waals surface area contributed by atoms with E-state index >= 15 is 0 Å². The van der Waals surface area contributed by atoms with E-state index in [2.05, 4.69) is 26.0 Å². The molecule has 0 bridgehead atoms. The van der Waals surface area contributed by atoms with Crippen molar-refractivity contribution in [3.63, 3.8) is 0 Å². The highest BCUT2D eigenvalue weighted by Crippen LogP contribution is 2.66. The molecule has 0 aliphatic heterocycles. The summed E-state index contributed by atoms with van der Waals surface area (Å²) < 4.78 is 0. The molecule has 0 spiro atoms. The van der Waals surface area contributed by atoms with Crippen LogP contribution in [0.4, 0.5) is 0 Å². The van der Waals surface area contributed by atoms with Gasteiger partial charge in [0.2, 0.25) is 0 Å². The van der Waals surface area contributed by atoms with Crippen molar-refractivity contribution >= 4 is 0 Å². The first kappa shape index (κ1) is 15.2. The normalized spacial score (nSPS) is 55.2. The van der Waals surface area contributed by atoms with Crippen LogP contribution in [0, 0.1) is 40.4 Å². The number of hydrogen-bond donors (Lipinski definition) is 1. The van der Waals surface area contributed by atoms with Crippen LogP contribution in [0.3, 0.4) is 0 Å². The fraction of sp³-hybridized carbons (Fsp3) is 0.905. The van der Waals surface area contributed by atoms with E-state index in [1.807, 2.05) is 6.92 Å². The zero-order valence-electron chi connectivity index (χ0n) is 14.7. The lowest BCUT2D eigenvalue weighted by molar-refractivity contribution is -0.0914. The molecule has 0 aromatic heterocycles. The summed E-state index contributed by atoms with van der Waals surface area (Å²) in [6.45, 7) is 7.13. The summed E-state index contributed by atoms with van der Waals surface area (Å²) in [6.07, 6.45) is 16.0. The van der Waals surface area contributed by atoms with Gasteiger partial charge >= 0.3 is 0 Å². The molecular formula is C21H34O. The smallest absolute Gasteiger partial charge is 0.0545 e. The minimum atomic E-state index is -0.118. The van der Waals surface area contributed by atoms with Crippen LogP contribution in [0.2, 0.25) is 0 Å². The second kappa shape index (κ2) is 5.10. The van der Waals surface area contributed by atoms with Crippen LogP contribution < -0.4 is 0 Å². The number of fused-ring (bicyclic) bond motifs is 5. The standard InChI is InChI=1S/C21H34O/c1-14(22)17-9-10-18-16-8-7-15-6-4-5-12-20(15,2)19(16)11-13-21(17,18)3/h5,12,14-19,22H,4,6-11,13H2,1-3H3/t14?,15?,16-,17+,18-,19-,20-,21+/m0/s1. The van der Waals surface area contributed by atoms with Crippen LogP contribution in [0.15, 0.2) is 12.2 Å². The summed E-state index contributed by atoms with van der Waals surface area (Å²) in [5.74, 6) is 4.20. The molecule has 4 aliphatic carbocycles. The molecule has 2 unspecified atom stereocenters. The SMILES string of the molecule is CC(O)[C@H]1CC[C@H]2[C@@H]3CCC4CCC=C[C@]4(C)[C@H]3CC[C@]12C. The highest BCUT2D eigenvalue weighted by molar-refractivity contribution is 5.15. The van der Waals surface area contributed by atoms with Gasteiger partial charge < -0.3 is 5.11 Å². The Hall–Kier alpha value is -0.300. The molecule has 8 atom stereocenters. The van der Waals surface area contributed by atoms with Crippen LogP contribution in [0.25, 0.3) is 0 Å². The minimum Gasteiger partial charge on any atom is -0.393 e. The molecular weight excluding hydrogens is 268 g/mol. The van der Waals surface area contributed by atoms with Gasteiger partial charge in [0.1, 0.15) is 0 Å². The van der Waals surface area contributed by atoms with Crippen molar-refractivity contribution in [1.29, 1.82) is 0 Å². The van der Waals surface area contributed by atoms with Gasteiger partial charge in [0.05, 0.1) is 6.10 Å². The topological polar surface area (TPSA) is 20.2 Å². The van der Waals surface area contributed by atoms with Gasteiger partial charge in [-0.25, -0.2) is 0 Å². The Morgan fingerprint density at radius 3 is 2.59 bits per heavy atom. The van der Waals surface area contributed by atoms with E-state index in [4.69, 9.17) is 0 Å². The first-order chi connectivity index (χ1) is 10.5. The van der Waals surface area contributed by atoms with E-state index in [9.17, 15) is 5.11 Å². The number of aliphatic hydroxyl groups excluding tert-OH is 1. The minimum absolute atomic E-state index is 0.118. The second-order valence-corrected chi connectivity index (χ2v) is 9.47. The first-order valence-corrected chi connectivity index (χ1v) is 9.82. The van der Waals surface area contributed by atoms with E-state index in [0.717, 1.165) is 23.7 Å². The maximum Gasteiger partial charge on any atom is 0.0545 e. The Bertz CT molecular complexity index is 467.